The Morgan fingerprint density at radius 3 is 1.33 bits per heavy atom. The molecule has 214 valence electrons. The van der Waals surface area contributed by atoms with Crippen LogP contribution in [0, 0.1) is 0 Å². The average molecular weight is 594 g/mol. The van der Waals surface area contributed by atoms with Crippen molar-refractivity contribution in [1.82, 2.24) is 15.0 Å². The van der Waals surface area contributed by atoms with E-state index in [1.165, 1.54) is 38.2 Å². The smallest absolute Gasteiger partial charge is 0.164 e. The minimum atomic E-state index is -1.83. The summed E-state index contributed by atoms with van der Waals surface area (Å²) in [6.45, 7) is 4.87. The van der Waals surface area contributed by atoms with Crippen molar-refractivity contribution >= 4 is 18.4 Å². The number of benzene rings is 6. The summed E-state index contributed by atoms with van der Waals surface area (Å²) in [5.74, 6) is 2.06. The van der Waals surface area contributed by atoms with Crippen molar-refractivity contribution in [2.45, 2.75) is 13.1 Å². The lowest BCUT2D eigenvalue weighted by molar-refractivity contribution is 1.07. The van der Waals surface area contributed by atoms with Gasteiger partial charge in [0.15, 0.2) is 17.5 Å². The molecule has 0 saturated heterocycles. The number of hydrogen-bond acceptors (Lipinski definition) is 3. The fourth-order valence-electron chi connectivity index (χ4n) is 6.58. The van der Waals surface area contributed by atoms with Crippen LogP contribution in [0.5, 0.6) is 0 Å². The molecule has 4 heteroatoms. The number of aromatic nitrogens is 3. The fraction of sp³-hybridized carbons (Fsp3) is 0.0488. The Morgan fingerprint density at radius 2 is 0.733 bits per heavy atom. The molecule has 6 aromatic carbocycles. The van der Waals surface area contributed by atoms with Crippen LogP contribution in [0.25, 0.3) is 67.5 Å². The van der Waals surface area contributed by atoms with E-state index in [0.29, 0.717) is 17.5 Å². The molecule has 0 unspecified atom stereocenters. The SMILES string of the molecule is C[Si]1(C)c2ccccc2-c2c(-c3nc(-c4ccccc4)nc(-c4ccc(-c5ccc(-c6ccccc6)cc5)cc4)n3)cccc21. The van der Waals surface area contributed by atoms with E-state index in [-0.39, 0.29) is 0 Å². The summed E-state index contributed by atoms with van der Waals surface area (Å²) in [4.78, 5) is 15.2. The summed E-state index contributed by atoms with van der Waals surface area (Å²) in [5, 5.41) is 2.91. The van der Waals surface area contributed by atoms with E-state index < -0.39 is 8.07 Å². The van der Waals surface area contributed by atoms with Crippen molar-refractivity contribution in [2.75, 3.05) is 0 Å². The lowest BCUT2D eigenvalue weighted by Gasteiger charge is -2.18. The monoisotopic (exact) mass is 593 g/mol. The van der Waals surface area contributed by atoms with Gasteiger partial charge in [0.1, 0.15) is 8.07 Å². The first-order chi connectivity index (χ1) is 22.1. The molecule has 7 aromatic rings. The first kappa shape index (κ1) is 27.1. The molecule has 3 nitrogen and oxygen atoms in total. The average Bonchev–Trinajstić information content (AvgIpc) is 3.35. The highest BCUT2D eigenvalue weighted by molar-refractivity contribution is 7.04. The molecule has 45 heavy (non-hydrogen) atoms. The third-order valence-electron chi connectivity index (χ3n) is 8.98. The van der Waals surface area contributed by atoms with E-state index in [4.69, 9.17) is 15.0 Å². The van der Waals surface area contributed by atoms with E-state index in [1.807, 2.05) is 24.3 Å². The summed E-state index contributed by atoms with van der Waals surface area (Å²) in [7, 11) is -1.83. The van der Waals surface area contributed by atoms with Crippen molar-refractivity contribution in [3.05, 3.63) is 152 Å². The molecule has 2 heterocycles. The Morgan fingerprint density at radius 1 is 0.333 bits per heavy atom. The molecule has 1 aromatic heterocycles. The minimum Gasteiger partial charge on any atom is -0.208 e. The number of rotatable bonds is 5. The minimum absolute atomic E-state index is 0.671. The molecule has 8 rings (SSSR count). The van der Waals surface area contributed by atoms with Gasteiger partial charge in [0.2, 0.25) is 0 Å². The van der Waals surface area contributed by atoms with Crippen molar-refractivity contribution in [1.29, 1.82) is 0 Å². The normalized spacial score (nSPS) is 12.8. The molecule has 0 spiro atoms. The Bertz CT molecular complexity index is 2160. The lowest BCUT2D eigenvalue weighted by atomic mass is 9.99. The van der Waals surface area contributed by atoms with Crippen molar-refractivity contribution in [2.24, 2.45) is 0 Å². The van der Waals surface area contributed by atoms with Crippen molar-refractivity contribution < 1.29 is 0 Å². The maximum absolute atomic E-state index is 5.14. The number of fused-ring (bicyclic) bond motifs is 3. The summed E-state index contributed by atoms with van der Waals surface area (Å²) in [6, 6.07) is 53.5. The van der Waals surface area contributed by atoms with E-state index in [2.05, 4.69) is 140 Å². The van der Waals surface area contributed by atoms with E-state index >= 15 is 0 Å². The van der Waals surface area contributed by atoms with Gasteiger partial charge >= 0.3 is 0 Å². The number of nitrogens with zero attached hydrogens (tertiary/aromatic N) is 3. The third-order valence-corrected chi connectivity index (χ3v) is 12.5. The zero-order chi connectivity index (χ0) is 30.4. The summed E-state index contributed by atoms with van der Waals surface area (Å²) in [5.41, 5.74) is 10.3. The van der Waals surface area contributed by atoms with Gasteiger partial charge in [-0.3, -0.25) is 0 Å². The lowest BCUT2D eigenvalue weighted by Crippen LogP contribution is -2.49. The van der Waals surface area contributed by atoms with Crippen LogP contribution in [-0.4, -0.2) is 23.0 Å². The Hall–Kier alpha value is -5.45. The van der Waals surface area contributed by atoms with Crippen LogP contribution in [0.4, 0.5) is 0 Å². The maximum atomic E-state index is 5.14. The Balaban J connectivity index is 1.22. The van der Waals surface area contributed by atoms with Crippen LogP contribution in [-0.2, 0) is 0 Å². The van der Waals surface area contributed by atoms with Crippen molar-refractivity contribution in [3.8, 4) is 67.5 Å². The third kappa shape index (κ3) is 4.80. The molecule has 1 aliphatic rings. The second-order valence-corrected chi connectivity index (χ2v) is 16.4. The van der Waals surface area contributed by atoms with Gasteiger partial charge < -0.3 is 0 Å². The topological polar surface area (TPSA) is 38.7 Å². The van der Waals surface area contributed by atoms with E-state index in [1.54, 1.807) is 0 Å². The van der Waals surface area contributed by atoms with Gasteiger partial charge in [0, 0.05) is 16.7 Å². The van der Waals surface area contributed by atoms with Crippen LogP contribution in [0.3, 0.4) is 0 Å². The Labute approximate surface area is 265 Å². The van der Waals surface area contributed by atoms with Gasteiger partial charge in [-0.1, -0.05) is 165 Å². The van der Waals surface area contributed by atoms with Gasteiger partial charge in [0.25, 0.3) is 0 Å². The molecule has 1 aliphatic heterocycles. The first-order valence-corrected chi connectivity index (χ1v) is 18.4. The second-order valence-electron chi connectivity index (χ2n) is 12.1. The van der Waals surface area contributed by atoms with Crippen molar-refractivity contribution in [3.63, 3.8) is 0 Å². The molecular formula is C41H31N3Si. The molecule has 0 saturated carbocycles. The molecular weight excluding hydrogens is 563 g/mol. The standard InChI is InChI=1S/C41H31N3Si/c1-45(2)36-18-10-9-16-34(36)38-35(17-11-19-37(38)45)41-43-39(32-14-7-4-8-15-32)42-40(44-41)33-26-24-31(25-27-33)30-22-20-29(21-23-30)28-12-5-3-6-13-28/h3-27H,1-2H3. The summed E-state index contributed by atoms with van der Waals surface area (Å²) >= 11 is 0. The zero-order valence-electron chi connectivity index (χ0n) is 25.3. The molecule has 0 atom stereocenters. The molecule has 0 amide bonds. The maximum Gasteiger partial charge on any atom is 0.164 e. The highest BCUT2D eigenvalue weighted by Gasteiger charge is 2.38. The molecule has 0 bridgehead atoms. The van der Waals surface area contributed by atoms with E-state index in [9.17, 15) is 0 Å². The molecule has 0 radical (unpaired) electrons. The fourth-order valence-corrected chi connectivity index (χ4v) is 9.67. The van der Waals surface area contributed by atoms with Gasteiger partial charge in [-0.25, -0.2) is 15.0 Å². The highest BCUT2D eigenvalue weighted by Crippen LogP contribution is 2.36. The van der Waals surface area contributed by atoms with Gasteiger partial charge in [-0.05, 0) is 43.8 Å². The quantitative estimate of drug-likeness (QED) is 0.187. The number of hydrogen-bond donors (Lipinski definition) is 0. The summed E-state index contributed by atoms with van der Waals surface area (Å²) < 4.78 is 0. The predicted molar refractivity (Wildman–Crippen MR) is 189 cm³/mol. The van der Waals surface area contributed by atoms with Crippen LogP contribution >= 0.6 is 0 Å². The predicted octanol–water partition coefficient (Wildman–Crippen LogP) is 9.01. The van der Waals surface area contributed by atoms with Crippen LogP contribution in [0.1, 0.15) is 0 Å². The molecule has 0 fully saturated rings. The highest BCUT2D eigenvalue weighted by atomic mass is 28.3. The zero-order valence-corrected chi connectivity index (χ0v) is 26.3. The second kappa shape index (κ2) is 10.9. The Kier molecular flexibility index (Phi) is 6.58. The van der Waals surface area contributed by atoms with Crippen LogP contribution in [0.15, 0.2) is 152 Å². The van der Waals surface area contributed by atoms with Gasteiger partial charge in [-0.15, -0.1) is 0 Å². The first-order valence-electron chi connectivity index (χ1n) is 15.4. The molecule has 0 aliphatic carbocycles. The van der Waals surface area contributed by atoms with Crippen LogP contribution < -0.4 is 10.4 Å². The van der Waals surface area contributed by atoms with E-state index in [0.717, 1.165) is 22.3 Å². The molecule has 0 N–H and O–H groups in total. The van der Waals surface area contributed by atoms with Crippen LogP contribution in [0.2, 0.25) is 13.1 Å². The largest absolute Gasteiger partial charge is 0.208 e. The van der Waals surface area contributed by atoms with Gasteiger partial charge in [0.05, 0.1) is 0 Å². The van der Waals surface area contributed by atoms with Gasteiger partial charge in [-0.2, -0.15) is 0 Å². The summed E-state index contributed by atoms with van der Waals surface area (Å²) in [6.07, 6.45) is 0.